The predicted octanol–water partition coefficient (Wildman–Crippen LogP) is 1.90. The van der Waals surface area contributed by atoms with Crippen molar-refractivity contribution in [1.82, 2.24) is 4.72 Å². The van der Waals surface area contributed by atoms with Gasteiger partial charge in [0.25, 0.3) is 0 Å². The fourth-order valence-electron chi connectivity index (χ4n) is 1.50. The summed E-state index contributed by atoms with van der Waals surface area (Å²) in [6, 6.07) is 6.89. The molecule has 108 valence electrons. The van der Waals surface area contributed by atoms with Crippen LogP contribution in [0.3, 0.4) is 0 Å². The molecule has 3 N–H and O–H groups in total. The Hall–Kier alpha value is -0.910. The molecule has 0 unspecified atom stereocenters. The highest BCUT2D eigenvalue weighted by molar-refractivity contribution is 7.89. The summed E-state index contributed by atoms with van der Waals surface area (Å²) >= 11 is 0. The summed E-state index contributed by atoms with van der Waals surface area (Å²) in [6.07, 6.45) is 1.68. The summed E-state index contributed by atoms with van der Waals surface area (Å²) in [5.74, 6) is 0. The molecule has 1 rings (SSSR count). The van der Waals surface area contributed by atoms with E-state index in [1.807, 2.05) is 26.0 Å². The first-order valence-corrected chi connectivity index (χ1v) is 8.08. The van der Waals surface area contributed by atoms with Gasteiger partial charge in [-0.1, -0.05) is 32.9 Å². The van der Waals surface area contributed by atoms with Crippen molar-refractivity contribution >= 4 is 10.0 Å². The van der Waals surface area contributed by atoms with E-state index < -0.39 is 10.0 Å². The van der Waals surface area contributed by atoms with Gasteiger partial charge < -0.3 is 5.73 Å². The van der Waals surface area contributed by atoms with Crippen molar-refractivity contribution in [2.45, 2.75) is 38.5 Å². The lowest BCUT2D eigenvalue weighted by Crippen LogP contribution is -2.33. The van der Waals surface area contributed by atoms with Crippen LogP contribution in [0.15, 0.2) is 29.2 Å². The maximum Gasteiger partial charge on any atom is 0.240 e. The molecule has 0 aliphatic heterocycles. The van der Waals surface area contributed by atoms with Crippen LogP contribution in [0.5, 0.6) is 0 Å². The number of benzene rings is 1. The Balaban J connectivity index is 2.77. The van der Waals surface area contributed by atoms with Crippen molar-refractivity contribution < 1.29 is 8.42 Å². The zero-order valence-corrected chi connectivity index (χ0v) is 12.8. The number of nitrogens with two attached hydrogens (primary N) is 1. The summed E-state index contributed by atoms with van der Waals surface area (Å²) in [7, 11) is -3.42. The monoisotopic (exact) mass is 284 g/mol. The van der Waals surface area contributed by atoms with Gasteiger partial charge in [-0.3, -0.25) is 0 Å². The Morgan fingerprint density at radius 3 is 2.26 bits per heavy atom. The molecule has 0 saturated carbocycles. The lowest BCUT2D eigenvalue weighted by Gasteiger charge is -2.22. The minimum Gasteiger partial charge on any atom is -0.330 e. The second kappa shape index (κ2) is 6.50. The fraction of sp³-hybridized carbons (Fsp3) is 0.571. The normalized spacial score (nSPS) is 12.6. The van der Waals surface area contributed by atoms with Crippen LogP contribution in [0.1, 0.15) is 32.8 Å². The maximum atomic E-state index is 12.1. The second-order valence-electron chi connectivity index (χ2n) is 5.52. The smallest absolute Gasteiger partial charge is 0.240 e. The predicted molar refractivity (Wildman–Crippen MR) is 78.5 cm³/mol. The van der Waals surface area contributed by atoms with E-state index in [4.69, 9.17) is 5.73 Å². The Morgan fingerprint density at radius 1 is 1.21 bits per heavy atom. The van der Waals surface area contributed by atoms with Crippen molar-refractivity contribution in [1.29, 1.82) is 0 Å². The number of rotatable bonds is 7. The van der Waals surface area contributed by atoms with Crippen molar-refractivity contribution in [2.24, 2.45) is 11.1 Å². The quantitative estimate of drug-likeness (QED) is 0.803. The molecule has 5 heteroatoms. The van der Waals surface area contributed by atoms with Crippen LogP contribution in [0.2, 0.25) is 0 Å². The van der Waals surface area contributed by atoms with E-state index in [-0.39, 0.29) is 5.41 Å². The van der Waals surface area contributed by atoms with Gasteiger partial charge in [-0.05, 0) is 42.5 Å². The summed E-state index contributed by atoms with van der Waals surface area (Å²) in [5, 5.41) is 0. The van der Waals surface area contributed by atoms with Gasteiger partial charge in [-0.25, -0.2) is 13.1 Å². The van der Waals surface area contributed by atoms with Crippen LogP contribution in [0.4, 0.5) is 0 Å². The SMILES string of the molecule is CCC(C)(C)CNS(=O)(=O)c1ccc(CCN)cc1. The van der Waals surface area contributed by atoms with Gasteiger partial charge in [0.15, 0.2) is 0 Å². The molecule has 0 aliphatic rings. The van der Waals surface area contributed by atoms with E-state index in [0.717, 1.165) is 18.4 Å². The van der Waals surface area contributed by atoms with Crippen molar-refractivity contribution in [3.05, 3.63) is 29.8 Å². The summed E-state index contributed by atoms with van der Waals surface area (Å²) in [5.41, 5.74) is 6.48. The van der Waals surface area contributed by atoms with Gasteiger partial charge in [0.2, 0.25) is 10.0 Å². The van der Waals surface area contributed by atoms with Crippen LogP contribution >= 0.6 is 0 Å². The van der Waals surface area contributed by atoms with Crippen molar-refractivity contribution in [2.75, 3.05) is 13.1 Å². The Labute approximate surface area is 116 Å². The molecule has 0 saturated heterocycles. The minimum absolute atomic E-state index is 0.0352. The van der Waals surface area contributed by atoms with Crippen LogP contribution in [-0.2, 0) is 16.4 Å². The Morgan fingerprint density at radius 2 is 1.79 bits per heavy atom. The molecular weight excluding hydrogens is 260 g/mol. The molecule has 0 fully saturated rings. The molecule has 0 bridgehead atoms. The number of nitrogens with one attached hydrogen (secondary N) is 1. The zero-order chi connectivity index (χ0) is 14.5. The third-order valence-corrected chi connectivity index (χ3v) is 4.78. The molecule has 0 atom stereocenters. The van der Waals surface area contributed by atoms with E-state index in [0.29, 0.717) is 18.0 Å². The first-order valence-electron chi connectivity index (χ1n) is 6.59. The van der Waals surface area contributed by atoms with E-state index in [2.05, 4.69) is 11.6 Å². The lowest BCUT2D eigenvalue weighted by atomic mass is 9.91. The van der Waals surface area contributed by atoms with Crippen molar-refractivity contribution in [3.63, 3.8) is 0 Å². The molecule has 0 spiro atoms. The lowest BCUT2D eigenvalue weighted by molar-refractivity contribution is 0.350. The molecule has 0 radical (unpaired) electrons. The van der Waals surface area contributed by atoms with E-state index >= 15 is 0 Å². The molecule has 19 heavy (non-hydrogen) atoms. The third kappa shape index (κ3) is 4.93. The van der Waals surface area contributed by atoms with Gasteiger partial charge in [-0.2, -0.15) is 0 Å². The third-order valence-electron chi connectivity index (χ3n) is 3.36. The fourth-order valence-corrected chi connectivity index (χ4v) is 2.74. The average molecular weight is 284 g/mol. The Kier molecular flexibility index (Phi) is 5.52. The van der Waals surface area contributed by atoms with Gasteiger partial charge in [0.05, 0.1) is 4.90 Å². The van der Waals surface area contributed by atoms with Crippen LogP contribution < -0.4 is 10.5 Å². The second-order valence-corrected chi connectivity index (χ2v) is 7.29. The van der Waals surface area contributed by atoms with Crippen LogP contribution in [0.25, 0.3) is 0 Å². The standard InChI is InChI=1S/C14H24N2O2S/c1-4-14(2,3)11-16-19(17,18)13-7-5-12(6-8-13)9-10-15/h5-8,16H,4,9-11,15H2,1-3H3. The minimum atomic E-state index is -3.42. The zero-order valence-electron chi connectivity index (χ0n) is 11.9. The van der Waals surface area contributed by atoms with Gasteiger partial charge in [-0.15, -0.1) is 0 Å². The van der Waals surface area contributed by atoms with Gasteiger partial charge in [0, 0.05) is 6.54 Å². The number of hydrogen-bond donors (Lipinski definition) is 2. The van der Waals surface area contributed by atoms with E-state index in [1.165, 1.54) is 0 Å². The van der Waals surface area contributed by atoms with Crippen LogP contribution in [-0.4, -0.2) is 21.5 Å². The number of sulfonamides is 1. The van der Waals surface area contributed by atoms with Gasteiger partial charge in [0.1, 0.15) is 0 Å². The molecule has 0 aromatic heterocycles. The van der Waals surface area contributed by atoms with E-state index in [1.54, 1.807) is 12.1 Å². The first kappa shape index (κ1) is 16.1. The van der Waals surface area contributed by atoms with Crippen LogP contribution in [0, 0.1) is 5.41 Å². The topological polar surface area (TPSA) is 72.2 Å². The Bertz CT molecular complexity index is 493. The molecule has 1 aromatic rings. The number of hydrogen-bond acceptors (Lipinski definition) is 3. The largest absolute Gasteiger partial charge is 0.330 e. The molecule has 1 aromatic carbocycles. The molecule has 0 amide bonds. The molecule has 0 heterocycles. The average Bonchev–Trinajstić information content (AvgIpc) is 2.38. The molecular formula is C14H24N2O2S. The highest BCUT2D eigenvalue weighted by atomic mass is 32.2. The van der Waals surface area contributed by atoms with E-state index in [9.17, 15) is 8.42 Å². The van der Waals surface area contributed by atoms with Crippen molar-refractivity contribution in [3.8, 4) is 0 Å². The highest BCUT2D eigenvalue weighted by Gasteiger charge is 2.20. The highest BCUT2D eigenvalue weighted by Crippen LogP contribution is 2.19. The summed E-state index contributed by atoms with van der Waals surface area (Å²) in [4.78, 5) is 0.306. The summed E-state index contributed by atoms with van der Waals surface area (Å²) < 4.78 is 26.9. The summed E-state index contributed by atoms with van der Waals surface area (Å²) in [6.45, 7) is 7.14. The first-order chi connectivity index (χ1) is 8.80. The maximum absolute atomic E-state index is 12.1. The van der Waals surface area contributed by atoms with Gasteiger partial charge >= 0.3 is 0 Å². The molecule has 4 nitrogen and oxygen atoms in total. The molecule has 0 aliphatic carbocycles.